The van der Waals surface area contributed by atoms with Crippen molar-refractivity contribution in [3.8, 4) is 5.75 Å². The molecule has 0 unspecified atom stereocenters. The highest BCUT2D eigenvalue weighted by molar-refractivity contribution is 9.10. The molecule has 0 saturated heterocycles. The minimum atomic E-state index is -1.03. The number of rotatable bonds is 2. The second-order valence-electron chi connectivity index (χ2n) is 2.01. The smallest absolute Gasteiger partial charge is 0.338 e. The van der Waals surface area contributed by atoms with Crippen molar-refractivity contribution in [2.24, 2.45) is 0 Å². The molecule has 0 saturated carbocycles. The molecule has 0 aliphatic heterocycles. The van der Waals surface area contributed by atoms with Crippen LogP contribution in [0, 0.1) is 0 Å². The summed E-state index contributed by atoms with van der Waals surface area (Å²) in [4.78, 5) is 14.3. The summed E-state index contributed by atoms with van der Waals surface area (Å²) >= 11 is 3.10. The number of ether oxygens (including phenoxy) is 1. The molecule has 1 N–H and O–H groups in total. The summed E-state index contributed by atoms with van der Waals surface area (Å²) in [6.07, 6.45) is 2.70. The zero-order valence-corrected chi connectivity index (χ0v) is 7.83. The molecule has 0 amide bonds. The number of pyridine rings is 1. The van der Waals surface area contributed by atoms with E-state index in [4.69, 9.17) is 9.84 Å². The first-order valence-corrected chi connectivity index (χ1v) is 3.87. The molecule has 0 aromatic carbocycles. The molecule has 64 valence electrons. The summed E-state index contributed by atoms with van der Waals surface area (Å²) in [5.41, 5.74) is 0.0920. The van der Waals surface area contributed by atoms with E-state index in [-0.39, 0.29) is 5.56 Å². The van der Waals surface area contributed by atoms with Gasteiger partial charge in [0.15, 0.2) is 5.75 Å². The molecule has 1 heterocycles. The van der Waals surface area contributed by atoms with Crippen molar-refractivity contribution in [2.75, 3.05) is 7.11 Å². The maximum absolute atomic E-state index is 10.6. The van der Waals surface area contributed by atoms with Crippen LogP contribution >= 0.6 is 15.9 Å². The van der Waals surface area contributed by atoms with Gasteiger partial charge >= 0.3 is 5.97 Å². The Morgan fingerprint density at radius 3 is 2.83 bits per heavy atom. The predicted octanol–water partition coefficient (Wildman–Crippen LogP) is 1.55. The normalized spacial score (nSPS) is 9.50. The molecule has 0 aliphatic rings. The van der Waals surface area contributed by atoms with Crippen molar-refractivity contribution >= 4 is 21.9 Å². The average molecular weight is 232 g/mol. The predicted molar refractivity (Wildman–Crippen MR) is 45.4 cm³/mol. The van der Waals surface area contributed by atoms with Gasteiger partial charge in [-0.1, -0.05) is 0 Å². The Balaban J connectivity index is 3.23. The van der Waals surface area contributed by atoms with E-state index in [9.17, 15) is 4.79 Å². The van der Waals surface area contributed by atoms with Gasteiger partial charge in [-0.05, 0) is 15.9 Å². The Morgan fingerprint density at radius 2 is 2.33 bits per heavy atom. The highest BCUT2D eigenvalue weighted by Gasteiger charge is 2.12. The van der Waals surface area contributed by atoms with Gasteiger partial charge in [-0.15, -0.1) is 0 Å². The summed E-state index contributed by atoms with van der Waals surface area (Å²) in [7, 11) is 1.45. The number of aromatic nitrogens is 1. The van der Waals surface area contributed by atoms with Crippen molar-refractivity contribution in [1.82, 2.24) is 4.98 Å². The van der Waals surface area contributed by atoms with Crippen LogP contribution in [0.25, 0.3) is 0 Å². The second-order valence-corrected chi connectivity index (χ2v) is 2.80. The third kappa shape index (κ3) is 1.55. The number of aromatic carboxylic acids is 1. The summed E-state index contributed by atoms with van der Waals surface area (Å²) in [5.74, 6) is -0.622. The molecule has 5 heteroatoms. The zero-order chi connectivity index (χ0) is 9.14. The van der Waals surface area contributed by atoms with Crippen molar-refractivity contribution in [1.29, 1.82) is 0 Å². The largest absolute Gasteiger partial charge is 0.494 e. The standard InChI is InChI=1S/C7H6BrNO3/c1-12-5-3-9-2-4(6(5)8)7(10)11/h2-3H,1H3,(H,10,11). The number of hydrogen-bond acceptors (Lipinski definition) is 3. The molecular formula is C7H6BrNO3. The fourth-order valence-corrected chi connectivity index (χ4v) is 1.25. The lowest BCUT2D eigenvalue weighted by molar-refractivity contribution is 0.0695. The van der Waals surface area contributed by atoms with Gasteiger partial charge in [0.25, 0.3) is 0 Å². The fourth-order valence-electron chi connectivity index (χ4n) is 0.717. The van der Waals surface area contributed by atoms with E-state index in [1.54, 1.807) is 0 Å². The van der Waals surface area contributed by atoms with Crippen molar-refractivity contribution in [3.05, 3.63) is 22.4 Å². The number of methoxy groups -OCH3 is 1. The number of carboxylic acids is 1. The van der Waals surface area contributed by atoms with Gasteiger partial charge in [-0.3, -0.25) is 4.98 Å². The quantitative estimate of drug-likeness (QED) is 0.840. The third-order valence-electron chi connectivity index (χ3n) is 1.30. The Labute approximate surface area is 77.3 Å². The van der Waals surface area contributed by atoms with Gasteiger partial charge in [0.2, 0.25) is 0 Å². The summed E-state index contributed by atoms with van der Waals surface area (Å²) in [6, 6.07) is 0. The van der Waals surface area contributed by atoms with Crippen LogP contribution in [-0.2, 0) is 0 Å². The first-order valence-electron chi connectivity index (χ1n) is 3.07. The first kappa shape index (κ1) is 8.99. The van der Waals surface area contributed by atoms with Crippen molar-refractivity contribution in [3.63, 3.8) is 0 Å². The van der Waals surface area contributed by atoms with Gasteiger partial charge in [0, 0.05) is 6.20 Å². The summed E-state index contributed by atoms with van der Waals surface area (Å²) in [5, 5.41) is 8.66. The average Bonchev–Trinajstić information content (AvgIpc) is 2.04. The monoisotopic (exact) mass is 231 g/mol. The number of hydrogen-bond donors (Lipinski definition) is 1. The van der Waals surface area contributed by atoms with E-state index >= 15 is 0 Å². The fraction of sp³-hybridized carbons (Fsp3) is 0.143. The van der Waals surface area contributed by atoms with E-state index in [0.717, 1.165) is 0 Å². The lowest BCUT2D eigenvalue weighted by Crippen LogP contribution is -2.00. The third-order valence-corrected chi connectivity index (χ3v) is 2.12. The number of carboxylic acid groups (broad SMARTS) is 1. The summed E-state index contributed by atoms with van der Waals surface area (Å²) in [6.45, 7) is 0. The molecule has 0 spiro atoms. The Kier molecular flexibility index (Phi) is 2.65. The van der Waals surface area contributed by atoms with Crippen LogP contribution in [0.4, 0.5) is 0 Å². The van der Waals surface area contributed by atoms with Gasteiger partial charge in [0.05, 0.1) is 23.3 Å². The molecule has 1 aromatic rings. The molecular weight excluding hydrogens is 226 g/mol. The zero-order valence-electron chi connectivity index (χ0n) is 6.24. The van der Waals surface area contributed by atoms with Crippen LogP contribution in [-0.4, -0.2) is 23.2 Å². The minimum absolute atomic E-state index is 0.0920. The first-order chi connectivity index (χ1) is 5.66. The van der Waals surface area contributed by atoms with E-state index in [2.05, 4.69) is 20.9 Å². The van der Waals surface area contributed by atoms with E-state index < -0.39 is 5.97 Å². The minimum Gasteiger partial charge on any atom is -0.494 e. The molecule has 0 atom stereocenters. The lowest BCUT2D eigenvalue weighted by atomic mass is 10.3. The molecule has 1 aromatic heterocycles. The van der Waals surface area contributed by atoms with Crippen LogP contribution in [0.15, 0.2) is 16.9 Å². The Bertz CT molecular complexity index is 314. The molecule has 0 aliphatic carbocycles. The highest BCUT2D eigenvalue weighted by Crippen LogP contribution is 2.26. The van der Waals surface area contributed by atoms with Crippen LogP contribution < -0.4 is 4.74 Å². The second kappa shape index (κ2) is 3.53. The molecule has 1 rings (SSSR count). The highest BCUT2D eigenvalue weighted by atomic mass is 79.9. The molecule has 4 nitrogen and oxygen atoms in total. The topological polar surface area (TPSA) is 59.4 Å². The molecule has 12 heavy (non-hydrogen) atoms. The van der Waals surface area contributed by atoms with Gasteiger partial charge in [0.1, 0.15) is 0 Å². The van der Waals surface area contributed by atoms with E-state index in [1.807, 2.05) is 0 Å². The number of carbonyl (C=O) groups is 1. The van der Waals surface area contributed by atoms with E-state index in [0.29, 0.717) is 10.2 Å². The molecule has 0 radical (unpaired) electrons. The SMILES string of the molecule is COc1cncc(C(=O)O)c1Br. The Morgan fingerprint density at radius 1 is 1.67 bits per heavy atom. The van der Waals surface area contributed by atoms with Crippen LogP contribution in [0.2, 0.25) is 0 Å². The number of nitrogens with zero attached hydrogens (tertiary/aromatic N) is 1. The Hall–Kier alpha value is -1.10. The van der Waals surface area contributed by atoms with Crippen LogP contribution in [0.5, 0.6) is 5.75 Å². The molecule has 0 bridgehead atoms. The number of halogens is 1. The molecule has 0 fully saturated rings. The van der Waals surface area contributed by atoms with E-state index in [1.165, 1.54) is 19.5 Å². The van der Waals surface area contributed by atoms with Gasteiger partial charge < -0.3 is 9.84 Å². The van der Waals surface area contributed by atoms with Crippen molar-refractivity contribution in [2.45, 2.75) is 0 Å². The van der Waals surface area contributed by atoms with Gasteiger partial charge in [-0.2, -0.15) is 0 Å². The van der Waals surface area contributed by atoms with Crippen molar-refractivity contribution < 1.29 is 14.6 Å². The maximum atomic E-state index is 10.6. The van der Waals surface area contributed by atoms with Crippen LogP contribution in [0.1, 0.15) is 10.4 Å². The summed E-state index contributed by atoms with van der Waals surface area (Å²) < 4.78 is 5.27. The lowest BCUT2D eigenvalue weighted by Gasteiger charge is -2.03. The van der Waals surface area contributed by atoms with Gasteiger partial charge in [-0.25, -0.2) is 4.79 Å². The van der Waals surface area contributed by atoms with Crippen LogP contribution in [0.3, 0.4) is 0 Å². The maximum Gasteiger partial charge on any atom is 0.338 e.